The standard InChI is InChI=1S/C31H27N4/c1-20-12-11-13-21(2)29(20)34-27-19-10-9-18-26(27)33(4)31(34)35-25-17-8-6-15-23(25)28-22-14-5-7-16-24(22)32(3)30(28)35/h5-19H,1-4H3/q+1. The lowest BCUT2D eigenvalue weighted by atomic mass is 10.1. The quantitative estimate of drug-likeness (QED) is 0.260. The number of para-hydroxylation sites is 5. The number of aryl methyl sites for hydroxylation is 4. The highest BCUT2D eigenvalue weighted by molar-refractivity contribution is 6.21. The molecule has 4 nitrogen and oxygen atoms in total. The van der Waals surface area contributed by atoms with Gasteiger partial charge in [-0.05, 0) is 49.2 Å². The van der Waals surface area contributed by atoms with Gasteiger partial charge in [-0.1, -0.05) is 66.7 Å². The Kier molecular flexibility index (Phi) is 4.07. The van der Waals surface area contributed by atoms with E-state index < -0.39 is 0 Å². The van der Waals surface area contributed by atoms with Gasteiger partial charge < -0.3 is 4.57 Å². The number of nitrogens with zero attached hydrogens (tertiary/aromatic N) is 4. The van der Waals surface area contributed by atoms with Crippen molar-refractivity contribution in [1.29, 1.82) is 0 Å². The van der Waals surface area contributed by atoms with Crippen LogP contribution < -0.4 is 4.57 Å². The van der Waals surface area contributed by atoms with Gasteiger partial charge in [0.2, 0.25) is 0 Å². The maximum Gasteiger partial charge on any atom is 0.376 e. The van der Waals surface area contributed by atoms with Crippen molar-refractivity contribution < 1.29 is 4.57 Å². The van der Waals surface area contributed by atoms with Crippen molar-refractivity contribution in [3.8, 4) is 11.6 Å². The number of aromatic nitrogens is 4. The van der Waals surface area contributed by atoms with Gasteiger partial charge in [-0.2, -0.15) is 9.13 Å². The Balaban J connectivity index is 1.77. The van der Waals surface area contributed by atoms with Crippen molar-refractivity contribution in [2.24, 2.45) is 14.1 Å². The molecule has 0 aliphatic rings. The summed E-state index contributed by atoms with van der Waals surface area (Å²) in [7, 11) is 4.37. The third kappa shape index (κ3) is 2.54. The first kappa shape index (κ1) is 20.1. The van der Waals surface area contributed by atoms with Crippen LogP contribution in [0.4, 0.5) is 0 Å². The summed E-state index contributed by atoms with van der Waals surface area (Å²) in [6, 6.07) is 32.8. The molecule has 35 heavy (non-hydrogen) atoms. The van der Waals surface area contributed by atoms with Crippen molar-refractivity contribution in [3.63, 3.8) is 0 Å². The molecule has 0 saturated carbocycles. The molecule has 0 spiro atoms. The van der Waals surface area contributed by atoms with Crippen LogP contribution in [0.1, 0.15) is 11.1 Å². The highest BCUT2D eigenvalue weighted by Gasteiger charge is 2.32. The van der Waals surface area contributed by atoms with Crippen molar-refractivity contribution in [2.45, 2.75) is 13.8 Å². The molecule has 0 aliphatic carbocycles. The Morgan fingerprint density at radius 2 is 1.17 bits per heavy atom. The minimum Gasteiger partial charge on any atom is -0.317 e. The van der Waals surface area contributed by atoms with Gasteiger partial charge in [0.15, 0.2) is 5.65 Å². The second-order valence-electron chi connectivity index (χ2n) is 9.55. The fourth-order valence-corrected chi connectivity index (χ4v) is 6.03. The SMILES string of the molecule is Cc1cccc(C)c1-n1c(-n2c3ccccc3c3c4ccccc4n(C)c32)[n+](C)c2ccccc21. The van der Waals surface area contributed by atoms with E-state index in [9.17, 15) is 0 Å². The molecule has 0 bridgehead atoms. The van der Waals surface area contributed by atoms with Crippen molar-refractivity contribution >= 4 is 43.9 Å². The zero-order chi connectivity index (χ0) is 23.8. The molecule has 0 atom stereocenters. The van der Waals surface area contributed by atoms with Crippen LogP contribution >= 0.6 is 0 Å². The third-order valence-corrected chi connectivity index (χ3v) is 7.55. The van der Waals surface area contributed by atoms with Gasteiger partial charge in [0.1, 0.15) is 22.2 Å². The van der Waals surface area contributed by atoms with E-state index in [1.54, 1.807) is 0 Å². The van der Waals surface area contributed by atoms with E-state index in [2.05, 4.69) is 137 Å². The normalized spacial score (nSPS) is 12.0. The molecule has 0 aliphatic heterocycles. The first-order valence-electron chi connectivity index (χ1n) is 12.1. The van der Waals surface area contributed by atoms with Crippen LogP contribution in [-0.4, -0.2) is 13.7 Å². The van der Waals surface area contributed by atoms with Crippen LogP contribution in [0, 0.1) is 13.8 Å². The van der Waals surface area contributed by atoms with E-state index in [0.29, 0.717) is 0 Å². The Morgan fingerprint density at radius 1 is 0.600 bits per heavy atom. The molecule has 170 valence electrons. The molecule has 0 radical (unpaired) electrons. The van der Waals surface area contributed by atoms with Crippen LogP contribution in [0.25, 0.3) is 55.5 Å². The molecule has 3 heterocycles. The fraction of sp³-hybridized carbons (Fsp3) is 0.129. The smallest absolute Gasteiger partial charge is 0.317 e. The summed E-state index contributed by atoms with van der Waals surface area (Å²) in [4.78, 5) is 0. The molecule has 4 aromatic carbocycles. The maximum atomic E-state index is 2.45. The van der Waals surface area contributed by atoms with Gasteiger partial charge in [0.25, 0.3) is 0 Å². The minimum atomic E-state index is 1.13. The first-order valence-corrected chi connectivity index (χ1v) is 12.1. The zero-order valence-electron chi connectivity index (χ0n) is 20.4. The number of benzene rings is 4. The lowest BCUT2D eigenvalue weighted by Crippen LogP contribution is -2.33. The maximum absolute atomic E-state index is 2.45. The first-order chi connectivity index (χ1) is 17.1. The Morgan fingerprint density at radius 3 is 1.89 bits per heavy atom. The van der Waals surface area contributed by atoms with Crippen LogP contribution in [0.3, 0.4) is 0 Å². The molecule has 0 N–H and O–H groups in total. The van der Waals surface area contributed by atoms with E-state index in [1.165, 1.54) is 60.7 Å². The van der Waals surface area contributed by atoms with Gasteiger partial charge in [-0.25, -0.2) is 4.57 Å². The largest absolute Gasteiger partial charge is 0.376 e. The predicted molar refractivity (Wildman–Crippen MR) is 145 cm³/mol. The van der Waals surface area contributed by atoms with E-state index in [1.807, 2.05) is 0 Å². The monoisotopic (exact) mass is 455 g/mol. The van der Waals surface area contributed by atoms with Crippen molar-refractivity contribution in [3.05, 3.63) is 102 Å². The second kappa shape index (κ2) is 7.09. The molecule has 4 heteroatoms. The van der Waals surface area contributed by atoms with Gasteiger partial charge in [-0.15, -0.1) is 0 Å². The van der Waals surface area contributed by atoms with E-state index in [4.69, 9.17) is 0 Å². The minimum absolute atomic E-state index is 1.13. The van der Waals surface area contributed by atoms with Crippen molar-refractivity contribution in [2.75, 3.05) is 0 Å². The van der Waals surface area contributed by atoms with Gasteiger partial charge in [-0.3, -0.25) is 0 Å². The van der Waals surface area contributed by atoms with Gasteiger partial charge >= 0.3 is 5.95 Å². The molecule has 3 aromatic heterocycles. The number of hydrogen-bond acceptors (Lipinski definition) is 0. The number of imidazole rings is 1. The highest BCUT2D eigenvalue weighted by Crippen LogP contribution is 2.39. The lowest BCUT2D eigenvalue weighted by molar-refractivity contribution is -0.639. The fourth-order valence-electron chi connectivity index (χ4n) is 6.03. The number of rotatable bonds is 2. The summed E-state index contributed by atoms with van der Waals surface area (Å²) in [5.41, 5.74) is 9.83. The van der Waals surface area contributed by atoms with Crippen LogP contribution in [0.5, 0.6) is 0 Å². The Hall–Kier alpha value is -4.31. The predicted octanol–water partition coefficient (Wildman–Crippen LogP) is 6.66. The lowest BCUT2D eigenvalue weighted by Gasteiger charge is -2.12. The molecule has 0 amide bonds. The van der Waals surface area contributed by atoms with E-state index in [0.717, 1.165) is 5.95 Å². The highest BCUT2D eigenvalue weighted by atomic mass is 15.3. The summed E-state index contributed by atoms with van der Waals surface area (Å²) in [6.45, 7) is 4.42. The summed E-state index contributed by atoms with van der Waals surface area (Å²) in [5, 5.41) is 3.87. The summed E-state index contributed by atoms with van der Waals surface area (Å²) in [6.07, 6.45) is 0. The average Bonchev–Trinajstić information content (AvgIpc) is 3.46. The molecular formula is C31H27N4+. The van der Waals surface area contributed by atoms with Gasteiger partial charge in [0.05, 0.1) is 18.0 Å². The van der Waals surface area contributed by atoms with Gasteiger partial charge in [0, 0.05) is 17.8 Å². The van der Waals surface area contributed by atoms with E-state index >= 15 is 0 Å². The zero-order valence-corrected chi connectivity index (χ0v) is 20.4. The van der Waals surface area contributed by atoms with Crippen LogP contribution in [0.2, 0.25) is 0 Å². The summed E-state index contributed by atoms with van der Waals surface area (Å²) >= 11 is 0. The Bertz CT molecular complexity index is 1920. The number of hydrogen-bond donors (Lipinski definition) is 0. The van der Waals surface area contributed by atoms with Crippen molar-refractivity contribution in [1.82, 2.24) is 13.7 Å². The molecular weight excluding hydrogens is 428 g/mol. The average molecular weight is 456 g/mol. The van der Waals surface area contributed by atoms with Crippen LogP contribution in [-0.2, 0) is 14.1 Å². The summed E-state index contributed by atoms with van der Waals surface area (Å²) < 4.78 is 9.59. The Labute approximate surface area is 203 Å². The van der Waals surface area contributed by atoms with Crippen LogP contribution in [0.15, 0.2) is 91.0 Å². The second-order valence-corrected chi connectivity index (χ2v) is 9.55. The summed E-state index contributed by atoms with van der Waals surface area (Å²) in [5.74, 6) is 1.13. The molecule has 0 unspecified atom stereocenters. The molecule has 0 saturated heterocycles. The molecule has 0 fully saturated rings. The number of fused-ring (bicyclic) bond motifs is 6. The van der Waals surface area contributed by atoms with E-state index in [-0.39, 0.29) is 0 Å². The molecule has 7 rings (SSSR count). The third-order valence-electron chi connectivity index (χ3n) is 7.55. The molecule has 7 aromatic rings. The topological polar surface area (TPSA) is 18.7 Å².